The quantitative estimate of drug-likeness (QED) is 0.585. The van der Waals surface area contributed by atoms with E-state index < -0.39 is 12.8 Å². The number of hydrogen-bond donors (Lipinski definition) is 1. The minimum Gasteiger partial charge on any atom is -0.493 e. The summed E-state index contributed by atoms with van der Waals surface area (Å²) in [5.41, 5.74) is 2.07. The smallest absolute Gasteiger partial charge is 0.422 e. The molecule has 0 atom stereocenters. The molecule has 0 aliphatic heterocycles. The maximum Gasteiger partial charge on any atom is 0.422 e. The molecule has 0 aliphatic rings. The van der Waals surface area contributed by atoms with Crippen molar-refractivity contribution in [2.45, 2.75) is 19.0 Å². The number of nitrogens with zero attached hydrogens (tertiary/aromatic N) is 2. The van der Waals surface area contributed by atoms with Gasteiger partial charge in [-0.1, -0.05) is 6.07 Å². The summed E-state index contributed by atoms with van der Waals surface area (Å²) in [5, 5.41) is 10.2. The van der Waals surface area contributed by atoms with Gasteiger partial charge >= 0.3 is 6.18 Å². The number of carbonyl (C=O) groups excluding carboxylic acids is 1. The van der Waals surface area contributed by atoms with E-state index in [9.17, 15) is 18.0 Å². The fourth-order valence-corrected chi connectivity index (χ4v) is 2.62. The third-order valence-corrected chi connectivity index (χ3v) is 4.04. The van der Waals surface area contributed by atoms with Gasteiger partial charge < -0.3 is 19.2 Å². The van der Waals surface area contributed by atoms with E-state index in [0.717, 1.165) is 11.1 Å². The van der Waals surface area contributed by atoms with Crippen molar-refractivity contribution in [3.63, 3.8) is 0 Å². The number of carbonyl (C=O) groups is 1. The van der Waals surface area contributed by atoms with E-state index >= 15 is 0 Å². The van der Waals surface area contributed by atoms with Crippen LogP contribution in [0.5, 0.6) is 11.5 Å². The fourth-order valence-electron chi connectivity index (χ4n) is 2.62. The molecule has 0 saturated carbocycles. The van der Waals surface area contributed by atoms with Gasteiger partial charge in [0.2, 0.25) is 18.2 Å². The summed E-state index contributed by atoms with van der Waals surface area (Å²) in [6.45, 7) is -1.41. The third kappa shape index (κ3) is 5.97. The number of rotatable bonds is 8. The fraction of sp³-hybridized carbons (Fsp3) is 0.250. The molecule has 0 fully saturated rings. The molecule has 3 rings (SSSR count). The minimum absolute atomic E-state index is 0.00985. The van der Waals surface area contributed by atoms with Gasteiger partial charge in [0, 0.05) is 17.7 Å². The number of methoxy groups -OCH3 is 1. The lowest BCUT2D eigenvalue weighted by Gasteiger charge is -2.13. The average Bonchev–Trinajstić information content (AvgIpc) is 3.26. The highest BCUT2D eigenvalue weighted by molar-refractivity contribution is 5.91. The van der Waals surface area contributed by atoms with Gasteiger partial charge in [0.1, 0.15) is 0 Å². The highest BCUT2D eigenvalue weighted by Crippen LogP contribution is 2.30. The van der Waals surface area contributed by atoms with Crippen LogP contribution in [0, 0.1) is 0 Å². The normalized spacial score (nSPS) is 11.2. The van der Waals surface area contributed by atoms with E-state index in [-0.39, 0.29) is 23.8 Å². The predicted octanol–water partition coefficient (Wildman–Crippen LogP) is 4.26. The molecule has 10 heteroatoms. The summed E-state index contributed by atoms with van der Waals surface area (Å²) in [4.78, 5) is 12.2. The van der Waals surface area contributed by atoms with E-state index in [2.05, 4.69) is 15.5 Å². The van der Waals surface area contributed by atoms with Gasteiger partial charge in [-0.15, -0.1) is 10.2 Å². The van der Waals surface area contributed by atoms with Crippen molar-refractivity contribution >= 4 is 11.6 Å². The molecule has 7 nitrogen and oxygen atoms in total. The number of hydrogen-bond acceptors (Lipinski definition) is 6. The first-order chi connectivity index (χ1) is 14.3. The number of halogens is 3. The summed E-state index contributed by atoms with van der Waals surface area (Å²) in [5.74, 6) is 0.333. The average molecular weight is 421 g/mol. The minimum atomic E-state index is -4.44. The molecule has 2 aromatic carbocycles. The van der Waals surface area contributed by atoms with Crippen LogP contribution in [-0.2, 0) is 11.2 Å². The van der Waals surface area contributed by atoms with E-state index in [4.69, 9.17) is 13.9 Å². The topological polar surface area (TPSA) is 86.5 Å². The molecule has 158 valence electrons. The first-order valence-electron chi connectivity index (χ1n) is 8.87. The molecule has 30 heavy (non-hydrogen) atoms. The number of ether oxygens (including phenoxy) is 2. The molecule has 0 saturated heterocycles. The molecular formula is C20H18F3N3O4. The summed E-state index contributed by atoms with van der Waals surface area (Å²) >= 11 is 0. The Balaban J connectivity index is 1.54. The van der Waals surface area contributed by atoms with E-state index in [1.54, 1.807) is 36.4 Å². The van der Waals surface area contributed by atoms with Gasteiger partial charge in [0.25, 0.3) is 0 Å². The summed E-state index contributed by atoms with van der Waals surface area (Å²) in [7, 11) is 1.34. The Bertz CT molecular complexity index is 974. The molecule has 0 radical (unpaired) electrons. The van der Waals surface area contributed by atoms with Crippen LogP contribution in [0.3, 0.4) is 0 Å². The van der Waals surface area contributed by atoms with E-state index in [0.29, 0.717) is 18.0 Å². The van der Waals surface area contributed by atoms with Crippen molar-refractivity contribution in [3.05, 3.63) is 54.4 Å². The van der Waals surface area contributed by atoms with Crippen LogP contribution in [0.25, 0.3) is 11.5 Å². The van der Waals surface area contributed by atoms with Crippen molar-refractivity contribution in [2.24, 2.45) is 0 Å². The van der Waals surface area contributed by atoms with Crippen LogP contribution in [0.1, 0.15) is 12.0 Å². The van der Waals surface area contributed by atoms with Crippen molar-refractivity contribution < 1.29 is 31.9 Å². The highest BCUT2D eigenvalue weighted by atomic mass is 19.4. The zero-order valence-corrected chi connectivity index (χ0v) is 15.9. The van der Waals surface area contributed by atoms with Crippen LogP contribution in [0.15, 0.2) is 53.3 Å². The second kappa shape index (κ2) is 9.29. The maximum absolute atomic E-state index is 12.3. The lowest BCUT2D eigenvalue weighted by Crippen LogP contribution is -2.19. The van der Waals surface area contributed by atoms with Crippen molar-refractivity contribution in [1.29, 1.82) is 0 Å². The molecule has 0 bridgehead atoms. The zero-order chi connectivity index (χ0) is 21.6. The standard InChI is InChI=1S/C20H18F3N3O4/c1-28-17-10-13(2-8-16(17)29-11-20(21,22)23)3-9-18(27)25-15-6-4-14(5-7-15)19-26-24-12-30-19/h2,4-8,10,12H,3,9,11H2,1H3,(H,25,27). The van der Waals surface area contributed by atoms with Crippen LogP contribution in [0.2, 0.25) is 0 Å². The van der Waals surface area contributed by atoms with Gasteiger partial charge in [-0.3, -0.25) is 4.79 Å². The summed E-state index contributed by atoms with van der Waals surface area (Å²) in [6, 6.07) is 11.5. The maximum atomic E-state index is 12.3. The van der Waals surface area contributed by atoms with Crippen molar-refractivity contribution in [3.8, 4) is 23.0 Å². The monoisotopic (exact) mass is 421 g/mol. The predicted molar refractivity (Wildman–Crippen MR) is 101 cm³/mol. The molecule has 1 amide bonds. The Morgan fingerprint density at radius 1 is 1.13 bits per heavy atom. The van der Waals surface area contributed by atoms with E-state index in [1.807, 2.05) is 0 Å². The van der Waals surface area contributed by atoms with Crippen molar-refractivity contribution in [2.75, 3.05) is 19.0 Å². The molecule has 1 aromatic heterocycles. The Labute approximate surface area is 169 Å². The number of benzene rings is 2. The number of anilines is 1. The molecular weight excluding hydrogens is 403 g/mol. The molecule has 1 N–H and O–H groups in total. The van der Waals surface area contributed by atoms with Crippen LogP contribution in [-0.4, -0.2) is 36.0 Å². The third-order valence-electron chi connectivity index (χ3n) is 4.04. The number of aromatic nitrogens is 2. The number of amides is 1. The number of alkyl halides is 3. The first-order valence-corrected chi connectivity index (χ1v) is 8.87. The largest absolute Gasteiger partial charge is 0.493 e. The van der Waals surface area contributed by atoms with Gasteiger partial charge in [0.15, 0.2) is 18.1 Å². The Morgan fingerprint density at radius 2 is 1.90 bits per heavy atom. The second-order valence-electron chi connectivity index (χ2n) is 6.26. The molecule has 0 spiro atoms. The number of aryl methyl sites for hydroxylation is 1. The lowest BCUT2D eigenvalue weighted by molar-refractivity contribution is -0.153. The van der Waals surface area contributed by atoms with Crippen LogP contribution in [0.4, 0.5) is 18.9 Å². The van der Waals surface area contributed by atoms with Crippen molar-refractivity contribution in [1.82, 2.24) is 10.2 Å². The van der Waals surface area contributed by atoms with Crippen LogP contribution < -0.4 is 14.8 Å². The SMILES string of the molecule is COc1cc(CCC(=O)Nc2ccc(-c3nnco3)cc2)ccc1OCC(F)(F)F. The number of nitrogens with one attached hydrogen (secondary N) is 1. The molecule has 1 heterocycles. The molecule has 3 aromatic rings. The van der Waals surface area contributed by atoms with Gasteiger partial charge in [-0.2, -0.15) is 13.2 Å². The molecule has 0 aliphatic carbocycles. The van der Waals surface area contributed by atoms with Crippen LogP contribution >= 0.6 is 0 Å². The Kier molecular flexibility index (Phi) is 6.55. The zero-order valence-electron chi connectivity index (χ0n) is 15.9. The lowest BCUT2D eigenvalue weighted by atomic mass is 10.1. The van der Waals surface area contributed by atoms with Gasteiger partial charge in [0.05, 0.1) is 7.11 Å². The second-order valence-corrected chi connectivity index (χ2v) is 6.26. The molecule has 0 unspecified atom stereocenters. The van der Waals surface area contributed by atoms with Gasteiger partial charge in [-0.25, -0.2) is 0 Å². The Hall–Kier alpha value is -3.56. The summed E-state index contributed by atoms with van der Waals surface area (Å²) < 4.78 is 51.9. The first kappa shape index (κ1) is 21.2. The van der Waals surface area contributed by atoms with Gasteiger partial charge in [-0.05, 0) is 48.4 Å². The highest BCUT2D eigenvalue weighted by Gasteiger charge is 2.29. The Morgan fingerprint density at radius 3 is 2.53 bits per heavy atom. The van der Waals surface area contributed by atoms with E-state index in [1.165, 1.54) is 19.6 Å². The summed E-state index contributed by atoms with van der Waals surface area (Å²) in [6.07, 6.45) is -2.65.